The highest BCUT2D eigenvalue weighted by Gasteiger charge is 2.53. The average Bonchev–Trinajstić information content (AvgIpc) is 3.21. The summed E-state index contributed by atoms with van der Waals surface area (Å²) in [6.07, 6.45) is -3.29. The van der Waals surface area contributed by atoms with E-state index in [1.807, 2.05) is 30.3 Å². The number of carboxylic acids is 1. The maximum absolute atomic E-state index is 13.1. The van der Waals surface area contributed by atoms with Crippen LogP contribution >= 0.6 is 0 Å². The number of nitrogens with one attached hydrogen (secondary N) is 1. The summed E-state index contributed by atoms with van der Waals surface area (Å²) < 4.78 is 40.7. The van der Waals surface area contributed by atoms with Gasteiger partial charge in [0.05, 0.1) is 35.1 Å². The monoisotopic (exact) mass is 382 g/mol. The summed E-state index contributed by atoms with van der Waals surface area (Å²) in [6.45, 7) is 0.507. The molecule has 1 aromatic heterocycles. The molecular formula is C17H17F3N4O3. The Bertz CT molecular complexity index is 851. The number of aliphatic carboxylic acids is 1. The zero-order valence-corrected chi connectivity index (χ0v) is 14.3. The van der Waals surface area contributed by atoms with Crippen LogP contribution in [0.4, 0.5) is 23.7 Å². The minimum atomic E-state index is -4.69. The lowest BCUT2D eigenvalue weighted by atomic mass is 9.96. The van der Waals surface area contributed by atoms with Gasteiger partial charge in [0.15, 0.2) is 0 Å². The molecule has 2 atom stereocenters. The molecule has 10 heteroatoms. The molecule has 0 radical (unpaired) electrons. The molecule has 2 heterocycles. The third-order valence-electron chi connectivity index (χ3n) is 4.60. The molecule has 1 fully saturated rings. The maximum atomic E-state index is 13.1. The number of hydrogen-bond donors (Lipinski definition) is 2. The molecule has 1 aliphatic rings. The number of halogens is 3. The van der Waals surface area contributed by atoms with Gasteiger partial charge in [-0.1, -0.05) is 18.2 Å². The van der Waals surface area contributed by atoms with Gasteiger partial charge in [-0.15, -0.1) is 0 Å². The van der Waals surface area contributed by atoms with Crippen LogP contribution in [-0.4, -0.2) is 51.1 Å². The Morgan fingerprint density at radius 3 is 2.44 bits per heavy atom. The van der Waals surface area contributed by atoms with Crippen molar-refractivity contribution >= 4 is 17.7 Å². The molecule has 1 aromatic carbocycles. The minimum Gasteiger partial charge on any atom is -0.481 e. The Labute approximate surface area is 152 Å². The van der Waals surface area contributed by atoms with Crippen molar-refractivity contribution in [2.24, 2.45) is 11.8 Å². The van der Waals surface area contributed by atoms with E-state index in [1.54, 1.807) is 11.6 Å². The van der Waals surface area contributed by atoms with Crippen LogP contribution < -0.4 is 5.32 Å². The highest BCUT2D eigenvalue weighted by Crippen LogP contribution is 2.38. The number of anilines is 1. The number of nitrogens with zero attached hydrogens (tertiary/aromatic N) is 3. The van der Waals surface area contributed by atoms with E-state index >= 15 is 0 Å². The Hall–Kier alpha value is -3.04. The largest absolute Gasteiger partial charge is 0.481 e. The van der Waals surface area contributed by atoms with Crippen LogP contribution in [0.25, 0.3) is 5.69 Å². The van der Waals surface area contributed by atoms with Crippen LogP contribution in [0.1, 0.15) is 5.69 Å². The fraction of sp³-hybridized carbons (Fsp3) is 0.353. The number of carbonyl (C=O) groups is 2. The summed E-state index contributed by atoms with van der Waals surface area (Å²) >= 11 is 0. The molecule has 2 amide bonds. The third kappa shape index (κ3) is 3.74. The number of hydrogen-bond acceptors (Lipinski definition) is 3. The zero-order chi connectivity index (χ0) is 19.8. The van der Waals surface area contributed by atoms with E-state index in [0.717, 1.165) is 10.6 Å². The van der Waals surface area contributed by atoms with Gasteiger partial charge in [-0.3, -0.25) is 4.79 Å². The fourth-order valence-corrected chi connectivity index (χ4v) is 3.11. The first-order valence-corrected chi connectivity index (χ1v) is 8.14. The number of benzene rings is 1. The molecule has 2 aromatic rings. The van der Waals surface area contributed by atoms with Crippen molar-refractivity contribution in [2.75, 3.05) is 18.4 Å². The van der Waals surface area contributed by atoms with Gasteiger partial charge in [-0.2, -0.15) is 18.3 Å². The van der Waals surface area contributed by atoms with Gasteiger partial charge >= 0.3 is 18.2 Å². The highest BCUT2D eigenvalue weighted by molar-refractivity contribution is 5.90. The van der Waals surface area contributed by atoms with Gasteiger partial charge in [-0.05, 0) is 19.1 Å². The van der Waals surface area contributed by atoms with Gasteiger partial charge in [0.1, 0.15) is 0 Å². The van der Waals surface area contributed by atoms with Crippen molar-refractivity contribution in [3.05, 3.63) is 42.2 Å². The maximum Gasteiger partial charge on any atom is 0.394 e. The van der Waals surface area contributed by atoms with Gasteiger partial charge in [-0.25, -0.2) is 9.48 Å². The lowest BCUT2D eigenvalue weighted by Crippen LogP contribution is -2.35. The topological polar surface area (TPSA) is 87.5 Å². The number of likely N-dealkylation sites (tertiary alicyclic amines) is 1. The number of amides is 2. The third-order valence-corrected chi connectivity index (χ3v) is 4.60. The summed E-state index contributed by atoms with van der Waals surface area (Å²) in [6, 6.07) is 8.33. The van der Waals surface area contributed by atoms with E-state index in [0.29, 0.717) is 11.4 Å². The Morgan fingerprint density at radius 2 is 1.89 bits per heavy atom. The van der Waals surface area contributed by atoms with Crippen LogP contribution in [0.3, 0.4) is 0 Å². The Balaban J connectivity index is 1.75. The normalized spacial score (nSPS) is 19.9. The fourth-order valence-electron chi connectivity index (χ4n) is 3.11. The number of carbonyl (C=O) groups excluding carboxylic acids is 1. The lowest BCUT2D eigenvalue weighted by molar-refractivity contribution is -0.187. The molecule has 0 spiro atoms. The first-order valence-electron chi connectivity index (χ1n) is 8.14. The minimum absolute atomic E-state index is 0.339. The molecule has 7 nitrogen and oxygen atoms in total. The van der Waals surface area contributed by atoms with Crippen molar-refractivity contribution in [3.63, 3.8) is 0 Å². The number of rotatable bonds is 3. The second-order valence-electron chi connectivity index (χ2n) is 6.32. The molecule has 0 aliphatic carbocycles. The number of urea groups is 1. The van der Waals surface area contributed by atoms with E-state index in [-0.39, 0.29) is 0 Å². The zero-order valence-electron chi connectivity index (χ0n) is 14.3. The predicted molar refractivity (Wildman–Crippen MR) is 89.6 cm³/mol. The molecule has 2 N–H and O–H groups in total. The Morgan fingerprint density at radius 1 is 1.22 bits per heavy atom. The Kier molecular flexibility index (Phi) is 4.81. The SMILES string of the molecule is Cc1c(NC(=O)N2C[C@@H](C(F)(F)F)[C@H](C(=O)O)C2)cnn1-c1ccccc1. The van der Waals surface area contributed by atoms with Crippen LogP contribution in [0.2, 0.25) is 0 Å². The van der Waals surface area contributed by atoms with E-state index in [9.17, 15) is 22.8 Å². The van der Waals surface area contributed by atoms with Crippen LogP contribution in [0, 0.1) is 18.8 Å². The molecule has 0 bridgehead atoms. The van der Waals surface area contributed by atoms with Crippen LogP contribution in [0.15, 0.2) is 36.5 Å². The number of alkyl halides is 3. The molecule has 0 unspecified atom stereocenters. The van der Waals surface area contributed by atoms with Crippen molar-refractivity contribution < 1.29 is 27.9 Å². The molecule has 3 rings (SSSR count). The predicted octanol–water partition coefficient (Wildman–Crippen LogP) is 2.91. The van der Waals surface area contributed by atoms with Crippen molar-refractivity contribution in [1.82, 2.24) is 14.7 Å². The number of carboxylic acid groups (broad SMARTS) is 1. The molecule has 27 heavy (non-hydrogen) atoms. The lowest BCUT2D eigenvalue weighted by Gasteiger charge is -2.18. The molecule has 144 valence electrons. The second kappa shape index (κ2) is 6.93. The second-order valence-corrected chi connectivity index (χ2v) is 6.32. The van der Waals surface area contributed by atoms with Crippen molar-refractivity contribution in [1.29, 1.82) is 0 Å². The van der Waals surface area contributed by atoms with E-state index in [1.165, 1.54) is 6.20 Å². The first-order chi connectivity index (χ1) is 12.7. The van der Waals surface area contributed by atoms with Gasteiger partial charge in [0.25, 0.3) is 0 Å². The van der Waals surface area contributed by atoms with Gasteiger partial charge in [0, 0.05) is 13.1 Å². The number of para-hydroxylation sites is 1. The van der Waals surface area contributed by atoms with E-state index in [4.69, 9.17) is 5.11 Å². The quantitative estimate of drug-likeness (QED) is 0.855. The number of aromatic nitrogens is 2. The van der Waals surface area contributed by atoms with Crippen LogP contribution in [-0.2, 0) is 4.79 Å². The average molecular weight is 382 g/mol. The van der Waals surface area contributed by atoms with Gasteiger partial charge < -0.3 is 15.3 Å². The standard InChI is InChI=1S/C17H17F3N4O3/c1-10-14(7-21-24(10)11-5-3-2-4-6-11)22-16(27)23-8-12(15(25)26)13(9-23)17(18,19)20/h2-7,12-13H,8-9H2,1H3,(H,22,27)(H,25,26)/t12-,13-/m1/s1. The summed E-state index contributed by atoms with van der Waals surface area (Å²) in [4.78, 5) is 24.4. The van der Waals surface area contributed by atoms with Gasteiger partial charge in [0.2, 0.25) is 0 Å². The van der Waals surface area contributed by atoms with Crippen molar-refractivity contribution in [2.45, 2.75) is 13.1 Å². The van der Waals surface area contributed by atoms with E-state index < -0.39 is 43.1 Å². The molecular weight excluding hydrogens is 365 g/mol. The molecule has 0 saturated carbocycles. The summed E-state index contributed by atoms with van der Waals surface area (Å²) in [5.41, 5.74) is 1.70. The summed E-state index contributed by atoms with van der Waals surface area (Å²) in [7, 11) is 0. The smallest absolute Gasteiger partial charge is 0.394 e. The van der Waals surface area contributed by atoms with Crippen LogP contribution in [0.5, 0.6) is 0 Å². The van der Waals surface area contributed by atoms with Crippen molar-refractivity contribution in [3.8, 4) is 5.69 Å². The summed E-state index contributed by atoms with van der Waals surface area (Å²) in [5.74, 6) is -5.33. The molecule has 1 saturated heterocycles. The first kappa shape index (κ1) is 18.7. The van der Waals surface area contributed by atoms with E-state index in [2.05, 4.69) is 10.4 Å². The molecule has 1 aliphatic heterocycles. The highest BCUT2D eigenvalue weighted by atomic mass is 19.4. The summed E-state index contributed by atoms with van der Waals surface area (Å²) in [5, 5.41) is 15.7.